The molecule has 1 rings (SSSR count). The quantitative estimate of drug-likeness (QED) is 0.0840. The zero-order chi connectivity index (χ0) is 32.4. The van der Waals surface area contributed by atoms with E-state index in [1.807, 2.05) is 12.1 Å². The van der Waals surface area contributed by atoms with Gasteiger partial charge in [0.1, 0.15) is 0 Å². The number of anilines is 2. The van der Waals surface area contributed by atoms with E-state index in [0.29, 0.717) is 0 Å². The molecule has 1 aromatic rings. The average molecular weight is 743 g/mol. The minimum atomic E-state index is 0.0403. The van der Waals surface area contributed by atoms with Gasteiger partial charge in [-0.3, -0.25) is 9.59 Å². The summed E-state index contributed by atoms with van der Waals surface area (Å²) in [4.78, 5) is 26.9. The number of nitrogens with one attached hydrogen (secondary N) is 2. The molecule has 254 valence electrons. The van der Waals surface area contributed by atoms with Gasteiger partial charge in [0.15, 0.2) is 0 Å². The largest absolute Gasteiger partial charge is 0.325 e. The van der Waals surface area contributed by atoms with Crippen LogP contribution in [0.4, 0.5) is 11.4 Å². The summed E-state index contributed by atoms with van der Waals surface area (Å²) in [6, 6.07) is 3.86. The maximum atomic E-state index is 13.5. The Kier molecular flexibility index (Phi) is 25.5. The lowest BCUT2D eigenvalue weighted by Gasteiger charge is -2.20. The van der Waals surface area contributed by atoms with Crippen LogP contribution in [-0.4, -0.2) is 11.8 Å². The maximum absolute atomic E-state index is 13.5. The van der Waals surface area contributed by atoms with Gasteiger partial charge in [0.25, 0.3) is 0 Å². The lowest BCUT2D eigenvalue weighted by Crippen LogP contribution is -2.24. The summed E-state index contributed by atoms with van der Waals surface area (Å²) < 4.78 is 1.59. The molecule has 2 unspecified atom stereocenters. The van der Waals surface area contributed by atoms with Crippen molar-refractivity contribution in [2.24, 2.45) is 11.8 Å². The van der Waals surface area contributed by atoms with Crippen LogP contribution >= 0.6 is 31.9 Å². The zero-order valence-electron chi connectivity index (χ0n) is 28.9. The first-order valence-electron chi connectivity index (χ1n) is 18.5. The molecule has 0 saturated heterocycles. The first-order valence-corrected chi connectivity index (χ1v) is 20.1. The van der Waals surface area contributed by atoms with Gasteiger partial charge < -0.3 is 10.6 Å². The first kappa shape index (κ1) is 41.1. The van der Waals surface area contributed by atoms with Crippen molar-refractivity contribution in [3.05, 3.63) is 21.1 Å². The van der Waals surface area contributed by atoms with Crippen molar-refractivity contribution >= 4 is 55.0 Å². The second kappa shape index (κ2) is 27.3. The lowest BCUT2D eigenvalue weighted by atomic mass is 9.93. The Morgan fingerprint density at radius 3 is 1.02 bits per heavy atom. The van der Waals surface area contributed by atoms with Gasteiger partial charge in [-0.25, -0.2) is 0 Å². The summed E-state index contributed by atoms with van der Waals surface area (Å²) in [6.45, 7) is 8.95. The highest BCUT2D eigenvalue weighted by atomic mass is 79.9. The second-order valence-electron chi connectivity index (χ2n) is 13.0. The fourth-order valence-electron chi connectivity index (χ4n) is 6.00. The molecular weight excluding hydrogens is 676 g/mol. The fourth-order valence-corrected chi connectivity index (χ4v) is 6.88. The highest BCUT2D eigenvalue weighted by Crippen LogP contribution is 2.35. The molecule has 0 saturated carbocycles. The molecule has 2 amide bonds. The van der Waals surface area contributed by atoms with Gasteiger partial charge in [-0.1, -0.05) is 156 Å². The highest BCUT2D eigenvalue weighted by Gasteiger charge is 2.22. The van der Waals surface area contributed by atoms with Crippen molar-refractivity contribution in [1.82, 2.24) is 0 Å². The molecule has 0 aliphatic rings. The van der Waals surface area contributed by atoms with Crippen LogP contribution in [0.3, 0.4) is 0 Å². The molecule has 0 fully saturated rings. The number of carbonyl (C=O) groups is 2. The predicted octanol–water partition coefficient (Wildman–Crippen LogP) is 13.8. The van der Waals surface area contributed by atoms with E-state index in [2.05, 4.69) is 70.2 Å². The molecule has 0 aliphatic heterocycles. The number of unbranched alkanes of at least 4 members (excludes halogenated alkanes) is 16. The molecule has 0 spiro atoms. The average Bonchev–Trinajstić information content (AvgIpc) is 3.00. The third kappa shape index (κ3) is 18.9. The summed E-state index contributed by atoms with van der Waals surface area (Å²) >= 11 is 7.38. The number of benzene rings is 1. The maximum Gasteiger partial charge on any atom is 0.227 e. The minimum Gasteiger partial charge on any atom is -0.325 e. The van der Waals surface area contributed by atoms with E-state index in [1.165, 1.54) is 103 Å². The smallest absolute Gasteiger partial charge is 0.227 e. The van der Waals surface area contributed by atoms with Crippen LogP contribution in [0.1, 0.15) is 182 Å². The molecule has 2 atom stereocenters. The summed E-state index contributed by atoms with van der Waals surface area (Å²) in [5, 5.41) is 6.43. The molecule has 6 heteroatoms. The van der Waals surface area contributed by atoms with Crippen molar-refractivity contribution in [3.63, 3.8) is 0 Å². The van der Waals surface area contributed by atoms with Crippen LogP contribution in [0.25, 0.3) is 0 Å². The normalized spacial score (nSPS) is 12.7. The Labute approximate surface area is 288 Å². The monoisotopic (exact) mass is 740 g/mol. The van der Waals surface area contributed by atoms with Gasteiger partial charge in [-0.15, -0.1) is 0 Å². The van der Waals surface area contributed by atoms with Crippen LogP contribution in [-0.2, 0) is 9.59 Å². The standard InChI is InChI=1S/C38H66Br2N2O2/c1-5-9-13-17-19-23-27-31(25-21-15-11-7-3)37(43)41-35-29-34(40)36(30-33(35)39)42-38(44)32(26-22-16-12-8-4)28-24-20-18-14-10-6-2/h29-32H,5-28H2,1-4H3,(H,41,43)(H,42,44). The Balaban J connectivity index is 2.84. The SMILES string of the molecule is CCCCCCCCC(CCCCCC)C(=O)Nc1cc(Br)c(NC(=O)C(CCCCCC)CCCCCCCC)cc1Br. The summed E-state index contributed by atoms with van der Waals surface area (Å²) in [5.74, 6) is 0.313. The van der Waals surface area contributed by atoms with Crippen molar-refractivity contribution < 1.29 is 9.59 Å². The van der Waals surface area contributed by atoms with Crippen molar-refractivity contribution in [2.45, 2.75) is 182 Å². The lowest BCUT2D eigenvalue weighted by molar-refractivity contribution is -0.121. The van der Waals surface area contributed by atoms with E-state index in [9.17, 15) is 9.59 Å². The molecular formula is C38H66Br2N2O2. The third-order valence-electron chi connectivity index (χ3n) is 8.94. The van der Waals surface area contributed by atoms with Crippen molar-refractivity contribution in [2.75, 3.05) is 10.6 Å². The fraction of sp³-hybridized carbons (Fsp3) is 0.789. The molecule has 0 aliphatic carbocycles. The zero-order valence-corrected chi connectivity index (χ0v) is 32.0. The number of hydrogen-bond acceptors (Lipinski definition) is 2. The Bertz CT molecular complexity index is 820. The number of amides is 2. The minimum absolute atomic E-state index is 0.0403. The Morgan fingerprint density at radius 1 is 0.477 bits per heavy atom. The highest BCUT2D eigenvalue weighted by molar-refractivity contribution is 9.11. The van der Waals surface area contributed by atoms with Gasteiger partial charge in [0, 0.05) is 20.8 Å². The molecule has 2 N–H and O–H groups in total. The first-order chi connectivity index (χ1) is 21.4. The van der Waals surface area contributed by atoms with Gasteiger partial charge in [-0.2, -0.15) is 0 Å². The second-order valence-corrected chi connectivity index (χ2v) is 14.7. The van der Waals surface area contributed by atoms with E-state index >= 15 is 0 Å². The summed E-state index contributed by atoms with van der Waals surface area (Å²) in [5.41, 5.74) is 1.51. The van der Waals surface area contributed by atoms with Crippen LogP contribution < -0.4 is 10.6 Å². The molecule has 0 bridgehead atoms. The Morgan fingerprint density at radius 2 is 0.727 bits per heavy atom. The Hall–Kier alpha value is -0.880. The summed E-state index contributed by atoms with van der Waals surface area (Å²) in [6.07, 6.45) is 28.2. The molecule has 4 nitrogen and oxygen atoms in total. The predicted molar refractivity (Wildman–Crippen MR) is 200 cm³/mol. The van der Waals surface area contributed by atoms with Gasteiger partial charge in [0.05, 0.1) is 11.4 Å². The number of hydrogen-bond donors (Lipinski definition) is 2. The molecule has 44 heavy (non-hydrogen) atoms. The number of halogens is 2. The third-order valence-corrected chi connectivity index (χ3v) is 10.3. The molecule has 0 aromatic heterocycles. The van der Waals surface area contributed by atoms with Crippen LogP contribution in [0.5, 0.6) is 0 Å². The molecule has 0 radical (unpaired) electrons. The van der Waals surface area contributed by atoms with Gasteiger partial charge >= 0.3 is 0 Å². The van der Waals surface area contributed by atoms with E-state index in [-0.39, 0.29) is 23.7 Å². The van der Waals surface area contributed by atoms with E-state index in [4.69, 9.17) is 0 Å². The van der Waals surface area contributed by atoms with Crippen LogP contribution in [0.2, 0.25) is 0 Å². The van der Waals surface area contributed by atoms with Gasteiger partial charge in [-0.05, 0) is 69.7 Å². The van der Waals surface area contributed by atoms with E-state index in [1.54, 1.807) is 0 Å². The van der Waals surface area contributed by atoms with Crippen molar-refractivity contribution in [1.29, 1.82) is 0 Å². The van der Waals surface area contributed by atoms with Crippen molar-refractivity contribution in [3.8, 4) is 0 Å². The topological polar surface area (TPSA) is 58.2 Å². The van der Waals surface area contributed by atoms with Crippen LogP contribution in [0.15, 0.2) is 21.1 Å². The van der Waals surface area contributed by atoms with E-state index < -0.39 is 0 Å². The summed E-state index contributed by atoms with van der Waals surface area (Å²) in [7, 11) is 0. The number of carbonyl (C=O) groups excluding carboxylic acids is 2. The van der Waals surface area contributed by atoms with E-state index in [0.717, 1.165) is 71.7 Å². The van der Waals surface area contributed by atoms with Gasteiger partial charge in [0.2, 0.25) is 11.8 Å². The molecule has 1 aromatic carbocycles. The number of rotatable bonds is 28. The van der Waals surface area contributed by atoms with Crippen LogP contribution in [0, 0.1) is 11.8 Å². The molecule has 0 heterocycles.